The van der Waals surface area contributed by atoms with E-state index in [9.17, 15) is 5.11 Å². The van der Waals surface area contributed by atoms with Gasteiger partial charge in [-0.25, -0.2) is 4.99 Å². The number of benzene rings is 2. The Labute approximate surface area is 202 Å². The minimum atomic E-state index is -0.205. The average Bonchev–Trinajstić information content (AvgIpc) is 3.14. The molecule has 33 heavy (non-hydrogen) atoms. The molecule has 0 spiro atoms. The number of allylic oxidation sites excluding steroid dienone is 3. The van der Waals surface area contributed by atoms with E-state index in [0.29, 0.717) is 30.6 Å². The summed E-state index contributed by atoms with van der Waals surface area (Å²) in [6.45, 7) is 11.4. The molecule has 0 radical (unpaired) electrons. The van der Waals surface area contributed by atoms with Gasteiger partial charge in [0.05, 0.1) is 6.54 Å². The van der Waals surface area contributed by atoms with Gasteiger partial charge in [-0.2, -0.15) is 0 Å². The van der Waals surface area contributed by atoms with E-state index in [-0.39, 0.29) is 5.60 Å². The molecular formula is C29H35NO2S. The summed E-state index contributed by atoms with van der Waals surface area (Å²) in [6.07, 6.45) is 7.09. The van der Waals surface area contributed by atoms with Crippen LogP contribution in [0.25, 0.3) is 0 Å². The molecule has 1 unspecified atom stereocenters. The van der Waals surface area contributed by atoms with Crippen molar-refractivity contribution in [2.24, 2.45) is 10.9 Å². The zero-order chi connectivity index (χ0) is 23.6. The zero-order valence-electron chi connectivity index (χ0n) is 20.4. The van der Waals surface area contributed by atoms with Crippen molar-refractivity contribution in [2.75, 3.05) is 6.54 Å². The average molecular weight is 462 g/mol. The molecule has 1 aliphatic heterocycles. The van der Waals surface area contributed by atoms with Gasteiger partial charge >= 0.3 is 0 Å². The van der Waals surface area contributed by atoms with Crippen LogP contribution < -0.4 is 0 Å². The van der Waals surface area contributed by atoms with Crippen molar-refractivity contribution >= 4 is 17.7 Å². The second-order valence-electron chi connectivity index (χ2n) is 10.2. The van der Waals surface area contributed by atoms with E-state index >= 15 is 0 Å². The first-order valence-electron chi connectivity index (χ1n) is 11.9. The predicted molar refractivity (Wildman–Crippen MR) is 139 cm³/mol. The Bertz CT molecular complexity index is 1090. The molecule has 0 fully saturated rings. The molecule has 0 bridgehead atoms. The van der Waals surface area contributed by atoms with Gasteiger partial charge in [-0.3, -0.25) is 0 Å². The van der Waals surface area contributed by atoms with Gasteiger partial charge in [0.2, 0.25) is 5.90 Å². The number of ether oxygens (including phenoxy) is 1. The highest BCUT2D eigenvalue weighted by Crippen LogP contribution is 2.39. The van der Waals surface area contributed by atoms with Gasteiger partial charge in [-0.1, -0.05) is 56.0 Å². The minimum Gasteiger partial charge on any atom is -0.511 e. The van der Waals surface area contributed by atoms with Gasteiger partial charge in [0.1, 0.15) is 11.4 Å². The van der Waals surface area contributed by atoms with Gasteiger partial charge < -0.3 is 9.84 Å². The molecule has 1 N–H and O–H groups in total. The van der Waals surface area contributed by atoms with Gasteiger partial charge in [0.25, 0.3) is 0 Å². The van der Waals surface area contributed by atoms with Crippen LogP contribution in [0.1, 0.15) is 68.7 Å². The molecule has 2 aromatic carbocycles. The fraction of sp³-hybridized carbons (Fsp3) is 0.414. The Kier molecular flexibility index (Phi) is 7.04. The van der Waals surface area contributed by atoms with Crippen LogP contribution in [0.4, 0.5) is 0 Å². The van der Waals surface area contributed by atoms with Crippen LogP contribution in [0.15, 0.2) is 75.2 Å². The first-order chi connectivity index (χ1) is 15.7. The quantitative estimate of drug-likeness (QED) is 0.458. The number of aryl methyl sites for hydroxylation is 2. The van der Waals surface area contributed by atoms with Gasteiger partial charge in [-0.15, -0.1) is 0 Å². The van der Waals surface area contributed by atoms with Crippen LogP contribution >= 0.6 is 11.8 Å². The van der Waals surface area contributed by atoms with Crippen molar-refractivity contribution in [3.63, 3.8) is 0 Å². The monoisotopic (exact) mass is 461 g/mol. The summed E-state index contributed by atoms with van der Waals surface area (Å²) >= 11 is 1.69. The smallest absolute Gasteiger partial charge is 0.216 e. The molecule has 4 heteroatoms. The molecule has 174 valence electrons. The number of hydrogen-bond acceptors (Lipinski definition) is 4. The summed E-state index contributed by atoms with van der Waals surface area (Å²) in [6, 6.07) is 15.2. The molecule has 1 atom stereocenters. The Morgan fingerprint density at radius 3 is 2.55 bits per heavy atom. The van der Waals surface area contributed by atoms with Crippen LogP contribution in [-0.4, -0.2) is 23.2 Å². The van der Waals surface area contributed by atoms with Crippen LogP contribution in [0.2, 0.25) is 0 Å². The van der Waals surface area contributed by atoms with Crippen LogP contribution in [0.5, 0.6) is 0 Å². The molecule has 0 aromatic heterocycles. The van der Waals surface area contributed by atoms with Crippen molar-refractivity contribution in [3.05, 3.63) is 87.5 Å². The summed E-state index contributed by atoms with van der Waals surface area (Å²) in [4.78, 5) is 6.74. The summed E-state index contributed by atoms with van der Waals surface area (Å²) in [5.41, 5.74) is 4.73. The van der Waals surface area contributed by atoms with E-state index in [0.717, 1.165) is 29.2 Å². The lowest BCUT2D eigenvalue weighted by molar-refractivity contribution is 0.131. The van der Waals surface area contributed by atoms with E-state index in [1.165, 1.54) is 21.6 Å². The van der Waals surface area contributed by atoms with E-state index in [4.69, 9.17) is 4.74 Å². The van der Waals surface area contributed by atoms with Crippen molar-refractivity contribution in [1.82, 2.24) is 0 Å². The Balaban J connectivity index is 1.34. The number of aliphatic imine (C=N–C) groups is 1. The van der Waals surface area contributed by atoms with Crippen LogP contribution in [0.3, 0.4) is 0 Å². The lowest BCUT2D eigenvalue weighted by atomic mass is 9.92. The van der Waals surface area contributed by atoms with Crippen molar-refractivity contribution in [2.45, 2.75) is 70.3 Å². The number of rotatable bonds is 7. The van der Waals surface area contributed by atoms with E-state index in [2.05, 4.69) is 94.2 Å². The highest BCUT2D eigenvalue weighted by atomic mass is 32.2. The first-order valence-corrected chi connectivity index (χ1v) is 12.7. The predicted octanol–water partition coefficient (Wildman–Crippen LogP) is 7.74. The van der Waals surface area contributed by atoms with E-state index in [1.54, 1.807) is 11.8 Å². The third-order valence-corrected chi connectivity index (χ3v) is 7.42. The van der Waals surface area contributed by atoms with Gasteiger partial charge in [0.15, 0.2) is 0 Å². The third-order valence-electron chi connectivity index (χ3n) is 6.25. The maximum absolute atomic E-state index is 10.8. The molecule has 2 aromatic rings. The Hall–Kier alpha value is -2.46. The standard InChI is InChI=1S/C29H35NO2S/c1-19(2)24-14-6-20(3)16-27(24)33-26-15-11-22(17-25(26)31)8-7-21-9-12-23(13-10-21)28-30-18-29(4,5)32-28/h6,9-16,19,22,31H,7-8,17-18H2,1-5H3. The molecule has 2 aliphatic rings. The second kappa shape index (κ2) is 9.80. The number of aliphatic hydroxyl groups excluding tert-OH is 1. The Morgan fingerprint density at radius 2 is 1.91 bits per heavy atom. The van der Waals surface area contributed by atoms with Crippen molar-refractivity contribution < 1.29 is 9.84 Å². The lowest BCUT2D eigenvalue weighted by Crippen LogP contribution is -2.24. The molecule has 0 saturated carbocycles. The van der Waals surface area contributed by atoms with Gasteiger partial charge in [0, 0.05) is 21.8 Å². The zero-order valence-corrected chi connectivity index (χ0v) is 21.2. The summed E-state index contributed by atoms with van der Waals surface area (Å²) in [7, 11) is 0. The fourth-order valence-electron chi connectivity index (χ4n) is 4.26. The number of thioether (sulfide) groups is 1. The van der Waals surface area contributed by atoms with Crippen LogP contribution in [0, 0.1) is 12.8 Å². The van der Waals surface area contributed by atoms with E-state index < -0.39 is 0 Å². The van der Waals surface area contributed by atoms with Crippen LogP contribution in [-0.2, 0) is 11.2 Å². The first kappa shape index (κ1) is 23.7. The van der Waals surface area contributed by atoms with Gasteiger partial charge in [-0.05, 0) is 86.4 Å². The molecule has 0 amide bonds. The topological polar surface area (TPSA) is 41.8 Å². The van der Waals surface area contributed by atoms with Crippen molar-refractivity contribution in [1.29, 1.82) is 0 Å². The molecule has 0 saturated heterocycles. The molecule has 4 rings (SSSR count). The summed E-state index contributed by atoms with van der Waals surface area (Å²) < 4.78 is 5.93. The fourth-order valence-corrected chi connectivity index (χ4v) is 5.51. The highest BCUT2D eigenvalue weighted by molar-refractivity contribution is 8.03. The SMILES string of the molecule is Cc1ccc(C(C)C)c(SC2=C(O)CC(CCc3ccc(C4=NCC(C)(C)O4)cc3)C=C2)c1. The van der Waals surface area contributed by atoms with Crippen molar-refractivity contribution in [3.8, 4) is 0 Å². The Morgan fingerprint density at radius 1 is 1.15 bits per heavy atom. The largest absolute Gasteiger partial charge is 0.511 e. The van der Waals surface area contributed by atoms with E-state index in [1.807, 2.05) is 0 Å². The normalized spacial score (nSPS) is 19.7. The number of nitrogens with zero attached hydrogens (tertiary/aromatic N) is 1. The molecule has 1 heterocycles. The maximum Gasteiger partial charge on any atom is 0.216 e. The molecular weight excluding hydrogens is 426 g/mol. The molecule has 3 nitrogen and oxygen atoms in total. The highest BCUT2D eigenvalue weighted by Gasteiger charge is 2.28. The lowest BCUT2D eigenvalue weighted by Gasteiger charge is -2.20. The summed E-state index contributed by atoms with van der Waals surface area (Å²) in [5.74, 6) is 2.08. The minimum absolute atomic E-state index is 0.205. The maximum atomic E-state index is 10.8. The third kappa shape index (κ3) is 5.92. The summed E-state index contributed by atoms with van der Waals surface area (Å²) in [5, 5.41) is 10.8. The number of hydrogen-bond donors (Lipinski definition) is 1. The molecule has 1 aliphatic carbocycles. The second-order valence-corrected chi connectivity index (χ2v) is 11.2. The number of aliphatic hydroxyl groups is 1.